The van der Waals surface area contributed by atoms with Crippen LogP contribution in [-0.2, 0) is 9.53 Å². The van der Waals surface area contributed by atoms with E-state index in [1.807, 2.05) is 22.6 Å². The van der Waals surface area contributed by atoms with Gasteiger partial charge in [0.05, 0.1) is 6.04 Å². The predicted molar refractivity (Wildman–Crippen MR) is 68.6 cm³/mol. The van der Waals surface area contributed by atoms with Gasteiger partial charge in [-0.3, -0.25) is 0 Å². The molecule has 0 saturated carbocycles. The number of hydrogen-bond acceptors (Lipinski definition) is 3. The second kappa shape index (κ2) is 6.07. The number of ether oxygens (including phenoxy) is 1. The van der Waals surface area contributed by atoms with Gasteiger partial charge in [-0.1, -0.05) is 0 Å². The van der Waals surface area contributed by atoms with Gasteiger partial charge < -0.3 is 15.2 Å². The first kappa shape index (κ1) is 15.2. The van der Waals surface area contributed by atoms with Crippen molar-refractivity contribution in [3.05, 3.63) is 9.66 Å². The quantitative estimate of drug-likeness (QED) is 0.610. The fourth-order valence-corrected chi connectivity index (χ4v) is 1.22. The minimum Gasteiger partial charge on any atom is -0.478 e. The van der Waals surface area contributed by atoms with E-state index < -0.39 is 17.7 Å². The SMILES string of the molecule is CC(NC(=O)OC(C)(C)C)C(I)=CC(=O)O. The Morgan fingerprint density at radius 3 is 2.31 bits per heavy atom. The standard InChI is InChI=1S/C10H16INO4/c1-6(7(11)5-8(13)14)12-9(15)16-10(2,3)4/h5-6H,1-4H3,(H,12,15)(H,13,14). The van der Waals surface area contributed by atoms with Crippen LogP contribution in [0.4, 0.5) is 4.79 Å². The van der Waals surface area contributed by atoms with Crippen molar-refractivity contribution < 1.29 is 19.4 Å². The topological polar surface area (TPSA) is 75.6 Å². The zero-order valence-electron chi connectivity index (χ0n) is 9.70. The van der Waals surface area contributed by atoms with E-state index in [9.17, 15) is 9.59 Å². The van der Waals surface area contributed by atoms with Crippen molar-refractivity contribution in [3.8, 4) is 0 Å². The molecule has 92 valence electrons. The minimum atomic E-state index is -1.04. The molecule has 0 aromatic heterocycles. The van der Waals surface area contributed by atoms with Crippen molar-refractivity contribution in [2.75, 3.05) is 0 Å². The molecule has 16 heavy (non-hydrogen) atoms. The van der Waals surface area contributed by atoms with Gasteiger partial charge in [0.1, 0.15) is 5.60 Å². The summed E-state index contributed by atoms with van der Waals surface area (Å²) in [6.45, 7) is 6.96. The Hall–Kier alpha value is -0.790. The molecule has 1 unspecified atom stereocenters. The van der Waals surface area contributed by atoms with Crippen LogP contribution in [0.1, 0.15) is 27.7 Å². The lowest BCUT2D eigenvalue weighted by Crippen LogP contribution is -2.37. The third-order valence-electron chi connectivity index (χ3n) is 1.41. The molecule has 0 heterocycles. The van der Waals surface area contributed by atoms with Crippen molar-refractivity contribution in [1.82, 2.24) is 5.32 Å². The summed E-state index contributed by atoms with van der Waals surface area (Å²) in [5, 5.41) is 11.1. The van der Waals surface area contributed by atoms with Crippen LogP contribution in [0.15, 0.2) is 9.66 Å². The molecule has 0 aromatic rings. The third-order valence-corrected chi connectivity index (χ3v) is 2.65. The minimum absolute atomic E-state index is 0.383. The Labute approximate surface area is 108 Å². The summed E-state index contributed by atoms with van der Waals surface area (Å²) in [5.74, 6) is -1.04. The summed E-state index contributed by atoms with van der Waals surface area (Å²) in [6.07, 6.45) is 0.482. The maximum absolute atomic E-state index is 11.3. The smallest absolute Gasteiger partial charge is 0.408 e. The number of rotatable bonds is 3. The molecular weight excluding hydrogens is 325 g/mol. The number of alkyl carbamates (subject to hydrolysis) is 1. The molecule has 0 aliphatic heterocycles. The number of hydrogen-bond donors (Lipinski definition) is 2. The molecule has 0 aromatic carbocycles. The molecule has 1 amide bonds. The van der Waals surface area contributed by atoms with E-state index in [0.29, 0.717) is 3.58 Å². The van der Waals surface area contributed by atoms with Gasteiger partial charge in [-0.15, -0.1) is 0 Å². The highest BCUT2D eigenvalue weighted by atomic mass is 127. The Morgan fingerprint density at radius 2 is 1.94 bits per heavy atom. The molecule has 0 fully saturated rings. The molecule has 0 aliphatic rings. The highest BCUT2D eigenvalue weighted by molar-refractivity contribution is 14.1. The Kier molecular flexibility index (Phi) is 5.77. The van der Waals surface area contributed by atoms with Gasteiger partial charge in [-0.2, -0.15) is 0 Å². The highest BCUT2D eigenvalue weighted by Crippen LogP contribution is 2.12. The van der Waals surface area contributed by atoms with Gasteiger partial charge in [0.15, 0.2) is 0 Å². The maximum Gasteiger partial charge on any atom is 0.408 e. The van der Waals surface area contributed by atoms with E-state index in [-0.39, 0.29) is 6.04 Å². The van der Waals surface area contributed by atoms with E-state index in [0.717, 1.165) is 6.08 Å². The van der Waals surface area contributed by atoms with Crippen LogP contribution in [0, 0.1) is 0 Å². The second-order valence-electron chi connectivity index (χ2n) is 4.24. The summed E-state index contributed by atoms with van der Waals surface area (Å²) in [7, 11) is 0. The summed E-state index contributed by atoms with van der Waals surface area (Å²) in [4.78, 5) is 21.8. The average Bonchev–Trinajstić information content (AvgIpc) is 1.98. The number of carboxylic acids is 1. The lowest BCUT2D eigenvalue weighted by Gasteiger charge is -2.21. The number of halogens is 1. The van der Waals surface area contributed by atoms with Crippen molar-refractivity contribution in [3.63, 3.8) is 0 Å². The van der Waals surface area contributed by atoms with Crippen LogP contribution >= 0.6 is 22.6 Å². The number of nitrogens with one attached hydrogen (secondary N) is 1. The molecule has 5 nitrogen and oxygen atoms in total. The third kappa shape index (κ3) is 7.49. The zero-order chi connectivity index (χ0) is 12.9. The lowest BCUT2D eigenvalue weighted by atomic mass is 10.2. The molecule has 0 rings (SSSR count). The van der Waals surface area contributed by atoms with Gasteiger partial charge in [-0.25, -0.2) is 9.59 Å². The van der Waals surface area contributed by atoms with Crippen LogP contribution < -0.4 is 5.32 Å². The molecule has 0 aliphatic carbocycles. The molecule has 0 radical (unpaired) electrons. The highest BCUT2D eigenvalue weighted by Gasteiger charge is 2.18. The molecule has 1 atom stereocenters. The van der Waals surface area contributed by atoms with E-state index in [1.165, 1.54) is 0 Å². The first-order valence-electron chi connectivity index (χ1n) is 4.71. The van der Waals surface area contributed by atoms with Crippen LogP contribution in [-0.4, -0.2) is 28.8 Å². The van der Waals surface area contributed by atoms with Gasteiger partial charge in [0.25, 0.3) is 0 Å². The maximum atomic E-state index is 11.3. The first-order chi connectivity index (χ1) is 7.11. The molecule has 0 spiro atoms. The Balaban J connectivity index is 4.30. The fourth-order valence-electron chi connectivity index (χ4n) is 0.796. The largest absolute Gasteiger partial charge is 0.478 e. The summed E-state index contributed by atoms with van der Waals surface area (Å²) in [6, 6.07) is -0.383. The van der Waals surface area contributed by atoms with Crippen molar-refractivity contribution in [1.29, 1.82) is 0 Å². The molecule has 0 bridgehead atoms. The molecule has 0 saturated heterocycles. The molecule has 6 heteroatoms. The molecular formula is C10H16INO4. The zero-order valence-corrected chi connectivity index (χ0v) is 11.9. The lowest BCUT2D eigenvalue weighted by molar-refractivity contribution is -0.131. The van der Waals surface area contributed by atoms with Crippen LogP contribution in [0.25, 0.3) is 0 Å². The Bertz CT molecular complexity index is 306. The monoisotopic (exact) mass is 341 g/mol. The predicted octanol–water partition coefficient (Wildman–Crippen LogP) is 2.30. The summed E-state index contributed by atoms with van der Waals surface area (Å²) < 4.78 is 5.56. The average molecular weight is 341 g/mol. The van der Waals surface area contributed by atoms with Crippen molar-refractivity contribution in [2.24, 2.45) is 0 Å². The number of carboxylic acid groups (broad SMARTS) is 1. The summed E-state index contributed by atoms with van der Waals surface area (Å²) >= 11 is 1.86. The Morgan fingerprint density at radius 1 is 1.44 bits per heavy atom. The van der Waals surface area contributed by atoms with Gasteiger partial charge >= 0.3 is 12.1 Å². The normalized spacial score (nSPS) is 14.2. The second-order valence-corrected chi connectivity index (χ2v) is 5.48. The van der Waals surface area contributed by atoms with E-state index >= 15 is 0 Å². The summed E-state index contributed by atoms with van der Waals surface area (Å²) in [5.41, 5.74) is -0.564. The van der Waals surface area contributed by atoms with Crippen LogP contribution in [0.3, 0.4) is 0 Å². The van der Waals surface area contributed by atoms with E-state index in [4.69, 9.17) is 9.84 Å². The number of carbonyl (C=O) groups is 2. The molecule has 2 N–H and O–H groups in total. The first-order valence-corrected chi connectivity index (χ1v) is 5.79. The number of aliphatic carboxylic acids is 1. The number of amides is 1. The van der Waals surface area contributed by atoms with Gasteiger partial charge in [0.2, 0.25) is 0 Å². The van der Waals surface area contributed by atoms with Crippen LogP contribution in [0.5, 0.6) is 0 Å². The van der Waals surface area contributed by atoms with Gasteiger partial charge in [0, 0.05) is 9.66 Å². The number of carbonyl (C=O) groups excluding carboxylic acids is 1. The van der Waals surface area contributed by atoms with Crippen molar-refractivity contribution in [2.45, 2.75) is 39.3 Å². The van der Waals surface area contributed by atoms with Crippen LogP contribution in [0.2, 0.25) is 0 Å². The van der Waals surface area contributed by atoms with E-state index in [1.54, 1.807) is 27.7 Å². The van der Waals surface area contributed by atoms with E-state index in [2.05, 4.69) is 5.32 Å². The fraction of sp³-hybridized carbons (Fsp3) is 0.600. The van der Waals surface area contributed by atoms with Gasteiger partial charge in [-0.05, 0) is 50.3 Å². The van der Waals surface area contributed by atoms with Crippen molar-refractivity contribution >= 4 is 34.7 Å².